The van der Waals surface area contributed by atoms with Crippen LogP contribution >= 0.6 is 0 Å². The molecular formula is C22H28N4O2. The zero-order valence-corrected chi connectivity index (χ0v) is 16.7. The summed E-state index contributed by atoms with van der Waals surface area (Å²) in [6.45, 7) is 7.58. The highest BCUT2D eigenvalue weighted by Gasteiger charge is 2.22. The Balaban J connectivity index is 1.49. The fourth-order valence-corrected chi connectivity index (χ4v) is 3.46. The van der Waals surface area contributed by atoms with Crippen LogP contribution in [0.3, 0.4) is 0 Å². The molecule has 0 N–H and O–H groups in total. The predicted octanol–water partition coefficient (Wildman–Crippen LogP) is 2.48. The van der Waals surface area contributed by atoms with E-state index in [1.807, 2.05) is 23.1 Å². The Hall–Kier alpha value is -2.89. The molecule has 6 heteroatoms. The van der Waals surface area contributed by atoms with E-state index in [0.29, 0.717) is 32.6 Å². The van der Waals surface area contributed by atoms with Crippen LogP contribution in [0.25, 0.3) is 0 Å². The highest BCUT2D eigenvalue weighted by Crippen LogP contribution is 2.18. The molecular weight excluding hydrogens is 352 g/mol. The van der Waals surface area contributed by atoms with Crippen LogP contribution in [0.2, 0.25) is 0 Å². The first-order valence-corrected chi connectivity index (χ1v) is 9.78. The van der Waals surface area contributed by atoms with Crippen molar-refractivity contribution >= 4 is 17.5 Å². The minimum Gasteiger partial charge on any atom is -0.368 e. The van der Waals surface area contributed by atoms with Crippen LogP contribution in [0.15, 0.2) is 48.7 Å². The maximum absolute atomic E-state index is 12.6. The van der Waals surface area contributed by atoms with E-state index in [-0.39, 0.29) is 11.8 Å². The lowest BCUT2D eigenvalue weighted by Crippen LogP contribution is -2.49. The first-order valence-electron chi connectivity index (χ1n) is 9.78. The molecule has 0 unspecified atom stereocenters. The molecule has 1 saturated heterocycles. The average Bonchev–Trinajstić information content (AvgIpc) is 2.71. The van der Waals surface area contributed by atoms with Gasteiger partial charge < -0.3 is 14.7 Å². The van der Waals surface area contributed by atoms with Crippen molar-refractivity contribution in [1.29, 1.82) is 0 Å². The predicted molar refractivity (Wildman–Crippen MR) is 110 cm³/mol. The number of piperazine rings is 1. The molecule has 1 aliphatic heterocycles. The number of nitrogens with zero attached hydrogens (tertiary/aromatic N) is 4. The van der Waals surface area contributed by atoms with E-state index in [4.69, 9.17) is 0 Å². The minimum atomic E-state index is -0.0391. The van der Waals surface area contributed by atoms with Gasteiger partial charge in [-0.25, -0.2) is 0 Å². The number of amides is 2. The number of carbonyl (C=O) groups is 2. The first-order chi connectivity index (χ1) is 13.5. The molecule has 0 radical (unpaired) electrons. The first kappa shape index (κ1) is 19.9. The van der Waals surface area contributed by atoms with Gasteiger partial charge in [0.05, 0.1) is 12.2 Å². The largest absolute Gasteiger partial charge is 0.368 e. The Labute approximate surface area is 166 Å². The lowest BCUT2D eigenvalue weighted by Gasteiger charge is -2.36. The highest BCUT2D eigenvalue weighted by molar-refractivity contribution is 5.78. The van der Waals surface area contributed by atoms with Crippen molar-refractivity contribution in [2.45, 2.75) is 26.8 Å². The summed E-state index contributed by atoms with van der Waals surface area (Å²) in [5, 5.41) is 0. The molecule has 3 rings (SSSR count). The molecule has 2 aromatic rings. The van der Waals surface area contributed by atoms with Crippen LogP contribution in [0, 0.1) is 6.92 Å². The number of hydrogen-bond donors (Lipinski definition) is 0. The van der Waals surface area contributed by atoms with E-state index in [0.717, 1.165) is 18.8 Å². The fourth-order valence-electron chi connectivity index (χ4n) is 3.46. The molecule has 1 aliphatic rings. The second kappa shape index (κ2) is 9.35. The molecule has 1 aromatic heterocycles. The van der Waals surface area contributed by atoms with Crippen molar-refractivity contribution in [3.05, 3.63) is 59.9 Å². The number of pyridine rings is 1. The third kappa shape index (κ3) is 5.31. The zero-order valence-electron chi connectivity index (χ0n) is 16.7. The smallest absolute Gasteiger partial charge is 0.224 e. The molecule has 1 aromatic carbocycles. The van der Waals surface area contributed by atoms with Gasteiger partial charge in [-0.15, -0.1) is 0 Å². The number of benzene rings is 1. The Morgan fingerprint density at radius 2 is 1.86 bits per heavy atom. The normalized spacial score (nSPS) is 14.1. The quantitative estimate of drug-likeness (QED) is 0.773. The van der Waals surface area contributed by atoms with Crippen LogP contribution in [-0.2, 0) is 16.1 Å². The van der Waals surface area contributed by atoms with Crippen molar-refractivity contribution < 1.29 is 9.59 Å². The van der Waals surface area contributed by atoms with Crippen molar-refractivity contribution in [3.63, 3.8) is 0 Å². The van der Waals surface area contributed by atoms with E-state index in [2.05, 4.69) is 41.1 Å². The van der Waals surface area contributed by atoms with Crippen molar-refractivity contribution in [3.8, 4) is 0 Å². The summed E-state index contributed by atoms with van der Waals surface area (Å²) >= 11 is 0. The summed E-state index contributed by atoms with van der Waals surface area (Å²) in [5.41, 5.74) is 3.29. The van der Waals surface area contributed by atoms with Gasteiger partial charge in [0.2, 0.25) is 11.8 Å². The summed E-state index contributed by atoms with van der Waals surface area (Å²) in [6, 6.07) is 14.1. The molecule has 6 nitrogen and oxygen atoms in total. The van der Waals surface area contributed by atoms with Crippen molar-refractivity contribution in [2.75, 3.05) is 37.6 Å². The summed E-state index contributed by atoms with van der Waals surface area (Å²) < 4.78 is 0. The molecule has 0 spiro atoms. The van der Waals surface area contributed by atoms with E-state index in [1.54, 1.807) is 11.1 Å². The lowest BCUT2D eigenvalue weighted by molar-refractivity contribution is -0.134. The van der Waals surface area contributed by atoms with Crippen LogP contribution < -0.4 is 4.90 Å². The molecule has 0 saturated carbocycles. The SMILES string of the molecule is CC(=O)N(CCC(=O)N1CCN(c2cccc(C)c2)CC1)Cc1ccccn1. The number of aromatic nitrogens is 1. The van der Waals surface area contributed by atoms with Crippen molar-refractivity contribution in [2.24, 2.45) is 0 Å². The summed E-state index contributed by atoms with van der Waals surface area (Å²) in [7, 11) is 0. The maximum Gasteiger partial charge on any atom is 0.224 e. The third-order valence-corrected chi connectivity index (χ3v) is 5.12. The van der Waals surface area contributed by atoms with E-state index < -0.39 is 0 Å². The van der Waals surface area contributed by atoms with E-state index in [1.165, 1.54) is 18.2 Å². The van der Waals surface area contributed by atoms with Gasteiger partial charge in [-0.05, 0) is 36.8 Å². The molecule has 1 fully saturated rings. The number of hydrogen-bond acceptors (Lipinski definition) is 4. The molecule has 28 heavy (non-hydrogen) atoms. The lowest BCUT2D eigenvalue weighted by atomic mass is 10.2. The average molecular weight is 380 g/mol. The number of aryl methyl sites for hydroxylation is 1. The fraction of sp³-hybridized carbons (Fsp3) is 0.409. The van der Waals surface area contributed by atoms with Gasteiger partial charge in [0, 0.05) is 58.0 Å². The van der Waals surface area contributed by atoms with Crippen LogP contribution in [-0.4, -0.2) is 59.3 Å². The van der Waals surface area contributed by atoms with Gasteiger partial charge in [0.15, 0.2) is 0 Å². The van der Waals surface area contributed by atoms with Gasteiger partial charge in [0.25, 0.3) is 0 Å². The Morgan fingerprint density at radius 1 is 1.07 bits per heavy atom. The minimum absolute atomic E-state index is 0.0391. The Kier molecular flexibility index (Phi) is 6.63. The van der Waals surface area contributed by atoms with E-state index in [9.17, 15) is 9.59 Å². The molecule has 2 amide bonds. The van der Waals surface area contributed by atoms with Gasteiger partial charge in [-0.3, -0.25) is 14.6 Å². The summed E-state index contributed by atoms with van der Waals surface area (Å²) in [6.07, 6.45) is 2.06. The third-order valence-electron chi connectivity index (χ3n) is 5.12. The Bertz CT molecular complexity index is 801. The van der Waals surface area contributed by atoms with Crippen LogP contribution in [0.1, 0.15) is 24.6 Å². The highest BCUT2D eigenvalue weighted by atomic mass is 16.2. The standard InChI is InChI=1S/C22H28N4O2/c1-18-6-5-8-21(16-18)24-12-14-25(15-13-24)22(28)9-11-26(19(2)27)17-20-7-3-4-10-23-20/h3-8,10,16H,9,11-15,17H2,1-2H3. The van der Waals surface area contributed by atoms with Crippen molar-refractivity contribution in [1.82, 2.24) is 14.8 Å². The molecule has 0 bridgehead atoms. The van der Waals surface area contributed by atoms with Gasteiger partial charge in [0.1, 0.15) is 0 Å². The van der Waals surface area contributed by atoms with Crippen LogP contribution in [0.5, 0.6) is 0 Å². The van der Waals surface area contributed by atoms with Gasteiger partial charge in [-0.1, -0.05) is 18.2 Å². The van der Waals surface area contributed by atoms with Gasteiger partial charge in [-0.2, -0.15) is 0 Å². The zero-order chi connectivity index (χ0) is 19.9. The monoisotopic (exact) mass is 380 g/mol. The second-order valence-electron chi connectivity index (χ2n) is 7.22. The van der Waals surface area contributed by atoms with Gasteiger partial charge >= 0.3 is 0 Å². The summed E-state index contributed by atoms with van der Waals surface area (Å²) in [4.78, 5) is 34.7. The second-order valence-corrected chi connectivity index (χ2v) is 7.22. The number of anilines is 1. The molecule has 148 valence electrons. The number of rotatable bonds is 6. The molecule has 0 atom stereocenters. The van der Waals surface area contributed by atoms with E-state index >= 15 is 0 Å². The Morgan fingerprint density at radius 3 is 2.50 bits per heavy atom. The maximum atomic E-state index is 12.6. The topological polar surface area (TPSA) is 56.8 Å². The molecule has 2 heterocycles. The number of carbonyl (C=O) groups excluding carboxylic acids is 2. The summed E-state index contributed by atoms with van der Waals surface area (Å²) in [5.74, 6) is 0.0684. The van der Waals surface area contributed by atoms with Crippen LogP contribution in [0.4, 0.5) is 5.69 Å². The molecule has 0 aliphatic carbocycles.